The van der Waals surface area contributed by atoms with Gasteiger partial charge >= 0.3 is 5.97 Å². The summed E-state index contributed by atoms with van der Waals surface area (Å²) in [6.45, 7) is 6.76. The van der Waals surface area contributed by atoms with Gasteiger partial charge in [0.05, 0.1) is 0 Å². The average Bonchev–Trinajstić information content (AvgIpc) is 2.62. The SMILES string of the molecule is Cc1cc(C)c(C(=O)[C@@H](C)OC(=O)CNC(=O)c2cccc(F)c2)cc1C. The second kappa shape index (κ2) is 8.58. The number of ether oxygens (including phenoxy) is 1. The summed E-state index contributed by atoms with van der Waals surface area (Å²) in [7, 11) is 0. The molecule has 2 aromatic carbocycles. The van der Waals surface area contributed by atoms with Crippen LogP contribution in [0.15, 0.2) is 36.4 Å². The Kier molecular flexibility index (Phi) is 6.45. The molecule has 0 aliphatic carbocycles. The van der Waals surface area contributed by atoms with Crippen LogP contribution in [0.25, 0.3) is 0 Å². The highest BCUT2D eigenvalue weighted by Gasteiger charge is 2.22. The Bertz CT molecular complexity index is 892. The maximum Gasteiger partial charge on any atom is 0.326 e. The second-order valence-electron chi connectivity index (χ2n) is 6.44. The number of carbonyl (C=O) groups excluding carboxylic acids is 3. The van der Waals surface area contributed by atoms with E-state index in [2.05, 4.69) is 5.32 Å². The summed E-state index contributed by atoms with van der Waals surface area (Å²) in [5.74, 6) is -2.20. The van der Waals surface area contributed by atoms with Crippen LogP contribution in [0, 0.1) is 26.6 Å². The van der Waals surface area contributed by atoms with Crippen molar-refractivity contribution in [2.45, 2.75) is 33.8 Å². The van der Waals surface area contributed by atoms with Gasteiger partial charge in [0.25, 0.3) is 5.91 Å². The minimum Gasteiger partial charge on any atom is -0.453 e. The number of carbonyl (C=O) groups is 3. The number of halogens is 1. The number of rotatable bonds is 6. The molecule has 0 saturated carbocycles. The lowest BCUT2D eigenvalue weighted by Crippen LogP contribution is -2.34. The Morgan fingerprint density at radius 3 is 2.37 bits per heavy atom. The maximum atomic E-state index is 13.1. The number of nitrogens with one attached hydrogen (secondary N) is 1. The van der Waals surface area contributed by atoms with Gasteiger partial charge in [-0.1, -0.05) is 12.1 Å². The Morgan fingerprint density at radius 2 is 1.70 bits per heavy atom. The minimum absolute atomic E-state index is 0.0951. The first kappa shape index (κ1) is 20.3. The summed E-state index contributed by atoms with van der Waals surface area (Å²) >= 11 is 0. The number of Topliss-reactive ketones (excluding diaryl/α,β-unsaturated/α-hetero) is 1. The number of amides is 1. The monoisotopic (exact) mass is 371 g/mol. The van der Waals surface area contributed by atoms with Crippen molar-refractivity contribution < 1.29 is 23.5 Å². The van der Waals surface area contributed by atoms with Crippen LogP contribution in [-0.4, -0.2) is 30.3 Å². The molecule has 6 heteroatoms. The lowest BCUT2D eigenvalue weighted by molar-refractivity contribution is -0.145. The third-order valence-electron chi connectivity index (χ3n) is 4.26. The van der Waals surface area contributed by atoms with E-state index >= 15 is 0 Å². The van der Waals surface area contributed by atoms with Crippen LogP contribution in [0.4, 0.5) is 4.39 Å². The van der Waals surface area contributed by atoms with E-state index in [1.807, 2.05) is 26.8 Å². The van der Waals surface area contributed by atoms with Gasteiger partial charge in [-0.3, -0.25) is 14.4 Å². The van der Waals surface area contributed by atoms with Crippen LogP contribution >= 0.6 is 0 Å². The van der Waals surface area contributed by atoms with E-state index < -0.39 is 30.3 Å². The standard InChI is InChI=1S/C21H22FNO4/c1-12-8-14(3)18(9-13(12)2)20(25)15(4)27-19(24)11-23-21(26)16-6-5-7-17(22)10-16/h5-10,15H,11H2,1-4H3,(H,23,26)/t15-/m1/s1. The molecule has 1 atom stereocenters. The molecular weight excluding hydrogens is 349 g/mol. The number of esters is 1. The quantitative estimate of drug-likeness (QED) is 0.625. The summed E-state index contributed by atoms with van der Waals surface area (Å²) < 4.78 is 18.2. The third kappa shape index (κ3) is 5.23. The molecule has 0 spiro atoms. The average molecular weight is 371 g/mol. The Labute approximate surface area is 157 Å². The van der Waals surface area contributed by atoms with Gasteiger partial charge in [-0.15, -0.1) is 0 Å². The fraction of sp³-hybridized carbons (Fsp3) is 0.286. The van der Waals surface area contributed by atoms with Crippen LogP contribution in [-0.2, 0) is 9.53 Å². The molecule has 142 valence electrons. The third-order valence-corrected chi connectivity index (χ3v) is 4.26. The van der Waals surface area contributed by atoms with Crippen molar-refractivity contribution in [2.75, 3.05) is 6.54 Å². The predicted octanol–water partition coefficient (Wildman–Crippen LogP) is 3.30. The predicted molar refractivity (Wildman–Crippen MR) is 99.3 cm³/mol. The van der Waals surface area contributed by atoms with E-state index in [9.17, 15) is 18.8 Å². The first-order valence-electron chi connectivity index (χ1n) is 8.54. The molecule has 27 heavy (non-hydrogen) atoms. The highest BCUT2D eigenvalue weighted by molar-refractivity contribution is 6.02. The van der Waals surface area contributed by atoms with Gasteiger partial charge < -0.3 is 10.1 Å². The van der Waals surface area contributed by atoms with Gasteiger partial charge in [-0.05, 0) is 68.7 Å². The zero-order valence-corrected chi connectivity index (χ0v) is 15.8. The van der Waals surface area contributed by atoms with Gasteiger partial charge in [0, 0.05) is 11.1 Å². The normalized spacial score (nSPS) is 11.6. The molecule has 0 heterocycles. The first-order valence-corrected chi connectivity index (χ1v) is 8.54. The lowest BCUT2D eigenvalue weighted by atomic mass is 9.96. The van der Waals surface area contributed by atoms with Crippen molar-refractivity contribution in [3.05, 3.63) is 70.0 Å². The fourth-order valence-electron chi connectivity index (χ4n) is 2.62. The first-order chi connectivity index (χ1) is 12.7. The van der Waals surface area contributed by atoms with Crippen molar-refractivity contribution in [1.29, 1.82) is 0 Å². The molecule has 0 saturated heterocycles. The molecule has 0 unspecified atom stereocenters. The number of benzene rings is 2. The summed E-state index contributed by atoms with van der Waals surface area (Å²) in [5.41, 5.74) is 3.46. The molecule has 0 radical (unpaired) electrons. The van der Waals surface area contributed by atoms with E-state index in [-0.39, 0.29) is 11.3 Å². The number of ketones is 1. The highest BCUT2D eigenvalue weighted by atomic mass is 19.1. The van der Waals surface area contributed by atoms with Crippen molar-refractivity contribution >= 4 is 17.7 Å². The van der Waals surface area contributed by atoms with Gasteiger partial charge in [0.2, 0.25) is 5.78 Å². The second-order valence-corrected chi connectivity index (χ2v) is 6.44. The summed E-state index contributed by atoms with van der Waals surface area (Å²) in [6, 6.07) is 8.80. The maximum absolute atomic E-state index is 13.1. The summed E-state index contributed by atoms with van der Waals surface area (Å²) in [6.07, 6.45) is -0.982. The molecule has 0 bridgehead atoms. The van der Waals surface area contributed by atoms with Crippen LogP contribution in [0.1, 0.15) is 44.3 Å². The fourth-order valence-corrected chi connectivity index (χ4v) is 2.62. The molecule has 0 aromatic heterocycles. The molecule has 0 fully saturated rings. The van der Waals surface area contributed by atoms with E-state index in [4.69, 9.17) is 4.74 Å². The van der Waals surface area contributed by atoms with E-state index in [1.165, 1.54) is 25.1 Å². The van der Waals surface area contributed by atoms with E-state index in [1.54, 1.807) is 6.07 Å². The van der Waals surface area contributed by atoms with Crippen molar-refractivity contribution in [1.82, 2.24) is 5.32 Å². The molecule has 2 rings (SSSR count). The Hall–Kier alpha value is -3.02. The topological polar surface area (TPSA) is 72.5 Å². The van der Waals surface area contributed by atoms with Crippen LogP contribution in [0.5, 0.6) is 0 Å². The smallest absolute Gasteiger partial charge is 0.326 e. The molecule has 1 N–H and O–H groups in total. The van der Waals surface area contributed by atoms with E-state index in [0.29, 0.717) is 5.56 Å². The summed E-state index contributed by atoms with van der Waals surface area (Å²) in [4.78, 5) is 36.4. The Balaban J connectivity index is 1.94. The van der Waals surface area contributed by atoms with Crippen molar-refractivity contribution in [3.63, 3.8) is 0 Å². The molecule has 1 amide bonds. The van der Waals surface area contributed by atoms with Crippen molar-refractivity contribution in [3.8, 4) is 0 Å². The van der Waals surface area contributed by atoms with Gasteiger partial charge in [0.1, 0.15) is 12.4 Å². The largest absolute Gasteiger partial charge is 0.453 e. The molecule has 5 nitrogen and oxygen atoms in total. The number of aryl methyl sites for hydroxylation is 3. The molecule has 0 aliphatic heterocycles. The lowest BCUT2D eigenvalue weighted by Gasteiger charge is -2.15. The van der Waals surface area contributed by atoms with Crippen molar-refractivity contribution in [2.24, 2.45) is 0 Å². The van der Waals surface area contributed by atoms with E-state index in [0.717, 1.165) is 22.8 Å². The summed E-state index contributed by atoms with van der Waals surface area (Å²) in [5, 5.41) is 2.35. The van der Waals surface area contributed by atoms with Crippen LogP contribution in [0.2, 0.25) is 0 Å². The molecule has 2 aromatic rings. The number of hydrogen-bond acceptors (Lipinski definition) is 4. The highest BCUT2D eigenvalue weighted by Crippen LogP contribution is 2.18. The van der Waals surface area contributed by atoms with Gasteiger partial charge in [-0.25, -0.2) is 4.39 Å². The van der Waals surface area contributed by atoms with Gasteiger partial charge in [0.15, 0.2) is 6.10 Å². The Morgan fingerprint density at radius 1 is 1.04 bits per heavy atom. The number of hydrogen-bond donors (Lipinski definition) is 1. The zero-order valence-electron chi connectivity index (χ0n) is 15.8. The van der Waals surface area contributed by atoms with Crippen LogP contribution in [0.3, 0.4) is 0 Å². The zero-order chi connectivity index (χ0) is 20.1. The molecular formula is C21H22FNO4. The van der Waals surface area contributed by atoms with Crippen LogP contribution < -0.4 is 5.32 Å². The minimum atomic E-state index is -0.982. The van der Waals surface area contributed by atoms with Gasteiger partial charge in [-0.2, -0.15) is 0 Å². The molecule has 0 aliphatic rings.